The zero-order chi connectivity index (χ0) is 15.4. The Labute approximate surface area is 134 Å². The van der Waals surface area contributed by atoms with Crippen LogP contribution >= 0.6 is 11.8 Å². The minimum absolute atomic E-state index is 0.0583. The number of hydrogen-bond donors (Lipinski definition) is 0. The second-order valence-electron chi connectivity index (χ2n) is 5.16. The fourth-order valence-electron chi connectivity index (χ4n) is 2.59. The van der Waals surface area contributed by atoms with E-state index >= 15 is 0 Å². The van der Waals surface area contributed by atoms with E-state index < -0.39 is 0 Å². The predicted octanol–water partition coefficient (Wildman–Crippen LogP) is 3.75. The third-order valence-electron chi connectivity index (χ3n) is 3.70. The van der Waals surface area contributed by atoms with Crippen molar-refractivity contribution in [2.75, 3.05) is 6.26 Å². The molecular weight excluding hydrogens is 292 g/mol. The van der Waals surface area contributed by atoms with Crippen molar-refractivity contribution in [1.29, 1.82) is 0 Å². The molecule has 0 spiro atoms. The summed E-state index contributed by atoms with van der Waals surface area (Å²) in [7, 11) is 0. The SMILES string of the molecule is CSc1nc2ccccc2c(=O)n1CCCc1ccccc1. The van der Waals surface area contributed by atoms with E-state index in [0.29, 0.717) is 11.9 Å². The Kier molecular flexibility index (Phi) is 4.59. The number of aryl methyl sites for hydroxylation is 1. The van der Waals surface area contributed by atoms with E-state index in [4.69, 9.17) is 0 Å². The fourth-order valence-corrected chi connectivity index (χ4v) is 3.17. The Morgan fingerprint density at radius 2 is 1.77 bits per heavy atom. The van der Waals surface area contributed by atoms with Gasteiger partial charge in [-0.3, -0.25) is 9.36 Å². The second-order valence-corrected chi connectivity index (χ2v) is 5.93. The van der Waals surface area contributed by atoms with E-state index in [1.807, 2.05) is 48.7 Å². The zero-order valence-electron chi connectivity index (χ0n) is 12.5. The average Bonchev–Trinajstić information content (AvgIpc) is 2.57. The van der Waals surface area contributed by atoms with Gasteiger partial charge in [0.1, 0.15) is 0 Å². The van der Waals surface area contributed by atoms with Crippen molar-refractivity contribution in [2.45, 2.75) is 24.5 Å². The molecule has 0 saturated carbocycles. The van der Waals surface area contributed by atoms with Crippen LogP contribution in [0, 0.1) is 0 Å². The lowest BCUT2D eigenvalue weighted by molar-refractivity contribution is 0.564. The van der Waals surface area contributed by atoms with Crippen molar-refractivity contribution >= 4 is 22.7 Å². The maximum atomic E-state index is 12.7. The molecule has 0 atom stereocenters. The summed E-state index contributed by atoms with van der Waals surface area (Å²) in [6.07, 6.45) is 3.86. The molecule has 1 aromatic heterocycles. The van der Waals surface area contributed by atoms with Crippen molar-refractivity contribution in [3.05, 3.63) is 70.5 Å². The molecule has 1 heterocycles. The lowest BCUT2D eigenvalue weighted by Gasteiger charge is -2.11. The highest BCUT2D eigenvalue weighted by atomic mass is 32.2. The van der Waals surface area contributed by atoms with Gasteiger partial charge in [-0.1, -0.05) is 54.2 Å². The summed E-state index contributed by atoms with van der Waals surface area (Å²) >= 11 is 1.52. The standard InChI is InChI=1S/C18H18N2OS/c1-22-18-19-16-12-6-5-11-15(16)17(21)20(18)13-7-10-14-8-3-2-4-9-14/h2-6,8-9,11-12H,7,10,13H2,1H3. The maximum Gasteiger partial charge on any atom is 0.262 e. The monoisotopic (exact) mass is 310 g/mol. The van der Waals surface area contributed by atoms with Crippen molar-refractivity contribution < 1.29 is 0 Å². The fraction of sp³-hybridized carbons (Fsp3) is 0.222. The van der Waals surface area contributed by atoms with Crippen LogP contribution in [-0.2, 0) is 13.0 Å². The van der Waals surface area contributed by atoms with Gasteiger partial charge in [0.2, 0.25) is 0 Å². The molecule has 22 heavy (non-hydrogen) atoms. The first-order valence-corrected chi connectivity index (χ1v) is 8.59. The van der Waals surface area contributed by atoms with Gasteiger partial charge in [-0.25, -0.2) is 4.98 Å². The van der Waals surface area contributed by atoms with Gasteiger partial charge in [0, 0.05) is 6.54 Å². The minimum Gasteiger partial charge on any atom is -0.287 e. The summed E-state index contributed by atoms with van der Waals surface area (Å²) in [4.78, 5) is 17.3. The molecule has 0 aliphatic rings. The third kappa shape index (κ3) is 3.07. The second kappa shape index (κ2) is 6.79. The first-order chi connectivity index (χ1) is 10.8. The van der Waals surface area contributed by atoms with Gasteiger partial charge in [0.05, 0.1) is 10.9 Å². The largest absolute Gasteiger partial charge is 0.287 e. The topological polar surface area (TPSA) is 34.9 Å². The van der Waals surface area contributed by atoms with Crippen LogP contribution in [0.4, 0.5) is 0 Å². The highest BCUT2D eigenvalue weighted by Gasteiger charge is 2.09. The molecule has 0 saturated heterocycles. The normalized spacial score (nSPS) is 11.0. The predicted molar refractivity (Wildman–Crippen MR) is 92.5 cm³/mol. The molecule has 3 nitrogen and oxygen atoms in total. The number of nitrogens with zero attached hydrogens (tertiary/aromatic N) is 2. The van der Waals surface area contributed by atoms with Gasteiger partial charge in [-0.15, -0.1) is 0 Å². The van der Waals surface area contributed by atoms with Gasteiger partial charge >= 0.3 is 0 Å². The molecule has 0 radical (unpaired) electrons. The Hall–Kier alpha value is -2.07. The van der Waals surface area contributed by atoms with Crippen molar-refractivity contribution in [2.24, 2.45) is 0 Å². The van der Waals surface area contributed by atoms with Crippen LogP contribution in [0.5, 0.6) is 0 Å². The summed E-state index contributed by atoms with van der Waals surface area (Å²) in [6.45, 7) is 0.696. The maximum absolute atomic E-state index is 12.7. The smallest absolute Gasteiger partial charge is 0.262 e. The van der Waals surface area contributed by atoms with E-state index in [1.54, 1.807) is 4.57 Å². The molecule has 3 rings (SSSR count). The summed E-state index contributed by atoms with van der Waals surface area (Å²) in [5.41, 5.74) is 2.13. The van der Waals surface area contributed by atoms with Crippen LogP contribution < -0.4 is 5.56 Å². The molecular formula is C18H18N2OS. The lowest BCUT2D eigenvalue weighted by atomic mass is 10.1. The highest BCUT2D eigenvalue weighted by molar-refractivity contribution is 7.98. The Morgan fingerprint density at radius 3 is 2.55 bits per heavy atom. The summed E-state index contributed by atoms with van der Waals surface area (Å²) < 4.78 is 1.80. The average molecular weight is 310 g/mol. The number of para-hydroxylation sites is 1. The van der Waals surface area contributed by atoms with Gasteiger partial charge in [-0.05, 0) is 36.8 Å². The molecule has 0 amide bonds. The van der Waals surface area contributed by atoms with Crippen LogP contribution in [0.3, 0.4) is 0 Å². The molecule has 3 aromatic rings. The van der Waals surface area contributed by atoms with Crippen LogP contribution in [0.2, 0.25) is 0 Å². The van der Waals surface area contributed by atoms with E-state index in [-0.39, 0.29) is 5.56 Å². The number of benzene rings is 2. The van der Waals surface area contributed by atoms with Crippen LogP contribution in [0.15, 0.2) is 64.5 Å². The highest BCUT2D eigenvalue weighted by Crippen LogP contribution is 2.15. The lowest BCUT2D eigenvalue weighted by Crippen LogP contribution is -2.23. The number of hydrogen-bond acceptors (Lipinski definition) is 3. The molecule has 0 N–H and O–H groups in total. The number of fused-ring (bicyclic) bond motifs is 1. The minimum atomic E-state index is 0.0583. The molecule has 2 aromatic carbocycles. The van der Waals surface area contributed by atoms with E-state index in [9.17, 15) is 4.79 Å². The van der Waals surface area contributed by atoms with E-state index in [1.165, 1.54) is 17.3 Å². The molecule has 0 fully saturated rings. The molecule has 112 valence electrons. The van der Waals surface area contributed by atoms with Gasteiger partial charge in [0.15, 0.2) is 5.16 Å². The Balaban J connectivity index is 1.86. The van der Waals surface area contributed by atoms with Crippen molar-refractivity contribution in [3.63, 3.8) is 0 Å². The third-order valence-corrected chi connectivity index (χ3v) is 4.38. The van der Waals surface area contributed by atoms with Gasteiger partial charge < -0.3 is 0 Å². The molecule has 0 aliphatic heterocycles. The number of aromatic nitrogens is 2. The first-order valence-electron chi connectivity index (χ1n) is 7.37. The quantitative estimate of drug-likeness (QED) is 0.532. The Bertz CT molecular complexity index is 827. The Morgan fingerprint density at radius 1 is 1.05 bits per heavy atom. The number of thioether (sulfide) groups is 1. The summed E-state index contributed by atoms with van der Waals surface area (Å²) in [6, 6.07) is 17.9. The molecule has 0 unspecified atom stereocenters. The van der Waals surface area contributed by atoms with E-state index in [2.05, 4.69) is 17.1 Å². The van der Waals surface area contributed by atoms with Gasteiger partial charge in [-0.2, -0.15) is 0 Å². The van der Waals surface area contributed by atoms with Crippen LogP contribution in [0.1, 0.15) is 12.0 Å². The van der Waals surface area contributed by atoms with Crippen LogP contribution in [-0.4, -0.2) is 15.8 Å². The summed E-state index contributed by atoms with van der Waals surface area (Å²) in [5.74, 6) is 0. The molecule has 4 heteroatoms. The van der Waals surface area contributed by atoms with E-state index in [0.717, 1.165) is 23.5 Å². The zero-order valence-corrected chi connectivity index (χ0v) is 13.3. The molecule has 0 bridgehead atoms. The number of rotatable bonds is 5. The van der Waals surface area contributed by atoms with Crippen molar-refractivity contribution in [1.82, 2.24) is 9.55 Å². The van der Waals surface area contributed by atoms with Crippen molar-refractivity contribution in [3.8, 4) is 0 Å². The van der Waals surface area contributed by atoms with Gasteiger partial charge in [0.25, 0.3) is 5.56 Å². The summed E-state index contributed by atoms with van der Waals surface area (Å²) in [5, 5.41) is 1.48. The van der Waals surface area contributed by atoms with Crippen LogP contribution in [0.25, 0.3) is 10.9 Å². The first kappa shape index (κ1) is 14.9. The molecule has 0 aliphatic carbocycles.